The van der Waals surface area contributed by atoms with Gasteiger partial charge in [0.05, 0.1) is 0 Å². The molecule has 0 bridgehead atoms. The van der Waals surface area contributed by atoms with Gasteiger partial charge < -0.3 is 9.64 Å². The fraction of sp³-hybridized carbons (Fsp3) is 0.750. The largest absolute Gasteiger partial charge is 0.461 e. The van der Waals surface area contributed by atoms with Crippen molar-refractivity contribution in [2.45, 2.75) is 30.6 Å². The number of hydrogen-bond donors (Lipinski definition) is 0. The van der Waals surface area contributed by atoms with Crippen molar-refractivity contribution in [3.63, 3.8) is 0 Å². The molecule has 16 heavy (non-hydrogen) atoms. The minimum absolute atomic E-state index is 0.195. The molecule has 0 radical (unpaired) electrons. The van der Waals surface area contributed by atoms with Gasteiger partial charge in [0.1, 0.15) is 6.61 Å². The van der Waals surface area contributed by atoms with E-state index in [0.29, 0.717) is 16.1 Å². The molecule has 0 saturated heterocycles. The van der Waals surface area contributed by atoms with Gasteiger partial charge in [-0.05, 0) is 27.4 Å². The van der Waals surface area contributed by atoms with Crippen LogP contribution in [0.3, 0.4) is 0 Å². The lowest BCUT2D eigenvalue weighted by atomic mass is 10.2. The summed E-state index contributed by atoms with van der Waals surface area (Å²) in [6.45, 7) is 5.18. The summed E-state index contributed by atoms with van der Waals surface area (Å²) in [4.78, 5) is 13.5. The smallest absolute Gasteiger partial charge is 0.333 e. The Bertz CT molecular complexity index is 239. The highest BCUT2D eigenvalue weighted by atomic mass is 127. The Hall–Kier alpha value is -0.100. The minimum atomic E-state index is -0.195. The Morgan fingerprint density at radius 1 is 1.50 bits per heavy atom. The quantitative estimate of drug-likeness (QED) is 0.309. The van der Waals surface area contributed by atoms with Crippen LogP contribution in [-0.4, -0.2) is 42.0 Å². The molecule has 0 aliphatic carbocycles. The van der Waals surface area contributed by atoms with Crippen LogP contribution >= 0.6 is 22.6 Å². The Morgan fingerprint density at radius 2 is 2.12 bits per heavy atom. The monoisotopic (exact) mass is 339 g/mol. The van der Waals surface area contributed by atoms with E-state index in [4.69, 9.17) is 4.74 Å². The Balaban J connectivity index is 3.97. The molecule has 0 N–H and O–H groups in total. The van der Waals surface area contributed by atoms with Gasteiger partial charge in [-0.25, -0.2) is 4.79 Å². The van der Waals surface area contributed by atoms with E-state index in [1.807, 2.05) is 32.0 Å². The van der Waals surface area contributed by atoms with Crippen molar-refractivity contribution in [2.75, 3.05) is 27.2 Å². The number of likely N-dealkylation sites (N-methyl/N-ethyl adjacent to an activating group) is 1. The third-order valence-electron chi connectivity index (χ3n) is 2.09. The Kier molecular flexibility index (Phi) is 8.93. The molecule has 1 unspecified atom stereocenters. The molecule has 4 heteroatoms. The molecule has 0 saturated carbocycles. The molecule has 94 valence electrons. The maximum atomic E-state index is 11.6. The predicted octanol–water partition coefficient (Wildman–Crippen LogP) is 2.64. The lowest BCUT2D eigenvalue weighted by Gasteiger charge is -2.10. The van der Waals surface area contributed by atoms with Crippen molar-refractivity contribution in [3.05, 3.63) is 11.6 Å². The molecule has 1 atom stereocenters. The Morgan fingerprint density at radius 3 is 2.62 bits per heavy atom. The third-order valence-corrected chi connectivity index (χ3v) is 3.07. The van der Waals surface area contributed by atoms with Gasteiger partial charge in [0, 0.05) is 16.0 Å². The Labute approximate surface area is 112 Å². The minimum Gasteiger partial charge on any atom is -0.461 e. The van der Waals surface area contributed by atoms with Crippen molar-refractivity contribution < 1.29 is 9.53 Å². The summed E-state index contributed by atoms with van der Waals surface area (Å²) >= 11 is 2.35. The molecule has 0 amide bonds. The first-order chi connectivity index (χ1) is 7.47. The maximum Gasteiger partial charge on any atom is 0.333 e. The van der Waals surface area contributed by atoms with Crippen molar-refractivity contribution >= 4 is 28.6 Å². The summed E-state index contributed by atoms with van der Waals surface area (Å²) in [6, 6.07) is 0. The fourth-order valence-electron chi connectivity index (χ4n) is 1.13. The summed E-state index contributed by atoms with van der Waals surface area (Å²) in [5, 5.41) is 0. The molecule has 0 aliphatic rings. The lowest BCUT2D eigenvalue weighted by Crippen LogP contribution is -2.20. The molecular formula is C12H22INO2. The van der Waals surface area contributed by atoms with Crippen LogP contribution in [0.4, 0.5) is 0 Å². The first-order valence-corrected chi connectivity index (χ1v) is 6.86. The molecule has 0 rings (SSSR count). The van der Waals surface area contributed by atoms with E-state index < -0.39 is 0 Å². The summed E-state index contributed by atoms with van der Waals surface area (Å²) < 4.78 is 5.56. The molecule has 0 aromatic heterocycles. The van der Waals surface area contributed by atoms with E-state index in [1.54, 1.807) is 0 Å². The van der Waals surface area contributed by atoms with Crippen molar-refractivity contribution in [2.24, 2.45) is 0 Å². The number of hydrogen-bond acceptors (Lipinski definition) is 3. The fourth-order valence-corrected chi connectivity index (χ4v) is 2.30. The van der Waals surface area contributed by atoms with Crippen LogP contribution in [0.1, 0.15) is 26.7 Å². The number of esters is 1. The number of ether oxygens (including phenoxy) is 1. The SMILES string of the molecule is CCCC(I)C=C(C)C(=O)OCCN(C)C. The average Bonchev–Trinajstić information content (AvgIpc) is 2.17. The summed E-state index contributed by atoms with van der Waals surface area (Å²) in [5.74, 6) is -0.195. The second-order valence-corrected chi connectivity index (χ2v) is 5.69. The highest BCUT2D eigenvalue weighted by Gasteiger charge is 2.08. The molecule has 0 aromatic carbocycles. The molecule has 0 heterocycles. The van der Waals surface area contributed by atoms with Crippen molar-refractivity contribution in [3.8, 4) is 0 Å². The third kappa shape index (κ3) is 8.10. The van der Waals surface area contributed by atoms with Crippen molar-refractivity contribution in [1.82, 2.24) is 4.90 Å². The van der Waals surface area contributed by atoms with Crippen LogP contribution in [0.5, 0.6) is 0 Å². The number of halogens is 1. The zero-order valence-corrected chi connectivity index (χ0v) is 12.8. The van der Waals surface area contributed by atoms with Gasteiger partial charge in [0.25, 0.3) is 0 Å². The number of allylic oxidation sites excluding steroid dienone is 1. The molecule has 0 spiro atoms. The van der Waals surface area contributed by atoms with Crippen LogP contribution in [0.2, 0.25) is 0 Å². The predicted molar refractivity (Wildman–Crippen MR) is 76.0 cm³/mol. The van der Waals surface area contributed by atoms with Gasteiger partial charge in [0.2, 0.25) is 0 Å². The maximum absolute atomic E-state index is 11.6. The van der Waals surface area contributed by atoms with E-state index in [-0.39, 0.29) is 5.97 Å². The van der Waals surface area contributed by atoms with E-state index in [9.17, 15) is 4.79 Å². The second kappa shape index (κ2) is 8.98. The second-order valence-electron chi connectivity index (χ2n) is 4.09. The van der Waals surface area contributed by atoms with Gasteiger partial charge in [0.15, 0.2) is 0 Å². The van der Waals surface area contributed by atoms with Crippen LogP contribution in [0.15, 0.2) is 11.6 Å². The number of alkyl halides is 1. The van der Waals surface area contributed by atoms with Crippen LogP contribution < -0.4 is 0 Å². The van der Waals surface area contributed by atoms with E-state index in [2.05, 4.69) is 29.5 Å². The van der Waals surface area contributed by atoms with Gasteiger partial charge in [-0.3, -0.25) is 0 Å². The standard InChI is InChI=1S/C12H22INO2/c1-5-6-11(13)9-10(2)12(15)16-8-7-14(3)4/h9,11H,5-8H2,1-4H3. The van der Waals surface area contributed by atoms with E-state index in [1.165, 1.54) is 0 Å². The van der Waals surface area contributed by atoms with Crippen LogP contribution in [-0.2, 0) is 9.53 Å². The van der Waals surface area contributed by atoms with E-state index in [0.717, 1.165) is 19.4 Å². The zero-order valence-electron chi connectivity index (χ0n) is 10.6. The normalized spacial score (nSPS) is 14.0. The van der Waals surface area contributed by atoms with Gasteiger partial charge in [-0.2, -0.15) is 0 Å². The van der Waals surface area contributed by atoms with Crippen molar-refractivity contribution in [1.29, 1.82) is 0 Å². The topological polar surface area (TPSA) is 29.5 Å². The van der Waals surface area contributed by atoms with Gasteiger partial charge in [-0.15, -0.1) is 0 Å². The zero-order chi connectivity index (χ0) is 12.6. The summed E-state index contributed by atoms with van der Waals surface area (Å²) in [7, 11) is 3.91. The van der Waals surface area contributed by atoms with Gasteiger partial charge in [-0.1, -0.05) is 42.0 Å². The first-order valence-electron chi connectivity index (χ1n) is 5.61. The lowest BCUT2D eigenvalue weighted by molar-refractivity contribution is -0.139. The highest BCUT2D eigenvalue weighted by molar-refractivity contribution is 14.1. The van der Waals surface area contributed by atoms with Gasteiger partial charge >= 0.3 is 5.97 Å². The number of carbonyl (C=O) groups is 1. The molecular weight excluding hydrogens is 317 g/mol. The molecule has 0 fully saturated rings. The first kappa shape index (κ1) is 15.9. The van der Waals surface area contributed by atoms with E-state index >= 15 is 0 Å². The number of carbonyl (C=O) groups excluding carboxylic acids is 1. The highest BCUT2D eigenvalue weighted by Crippen LogP contribution is 2.13. The molecule has 0 aliphatic heterocycles. The molecule has 0 aromatic rings. The summed E-state index contributed by atoms with van der Waals surface area (Å²) in [6.07, 6.45) is 4.22. The number of rotatable bonds is 7. The van der Waals surface area contributed by atoms with Crippen LogP contribution in [0.25, 0.3) is 0 Å². The van der Waals surface area contributed by atoms with Crippen LogP contribution in [0, 0.1) is 0 Å². The average molecular weight is 339 g/mol. The summed E-state index contributed by atoms with van der Waals surface area (Å²) in [5.41, 5.74) is 0.714. The molecule has 3 nitrogen and oxygen atoms in total. The number of nitrogens with zero attached hydrogens (tertiary/aromatic N) is 1.